The van der Waals surface area contributed by atoms with Gasteiger partial charge in [0, 0.05) is 6.20 Å². The van der Waals surface area contributed by atoms with E-state index in [1.165, 1.54) is 11.3 Å². The van der Waals surface area contributed by atoms with Gasteiger partial charge in [-0.05, 0) is 25.5 Å². The highest BCUT2D eigenvalue weighted by atomic mass is 32.1. The Morgan fingerprint density at radius 1 is 1.45 bits per heavy atom. The molecule has 1 unspecified atom stereocenters. The Kier molecular flexibility index (Phi) is 4.41. The molecule has 0 saturated heterocycles. The molecular formula is C13H17N5OS. The van der Waals surface area contributed by atoms with Crippen molar-refractivity contribution in [3.05, 3.63) is 24.4 Å². The van der Waals surface area contributed by atoms with E-state index in [0.717, 1.165) is 12.1 Å². The Morgan fingerprint density at radius 2 is 2.25 bits per heavy atom. The van der Waals surface area contributed by atoms with Gasteiger partial charge in [-0.3, -0.25) is 15.1 Å². The van der Waals surface area contributed by atoms with Gasteiger partial charge < -0.3 is 5.73 Å². The SMILES string of the molecule is CCCC(C)(N)C(=O)Nc1nnc(-c2ccccn2)s1. The molecule has 0 radical (unpaired) electrons. The van der Waals surface area contributed by atoms with Gasteiger partial charge in [0.05, 0.1) is 5.54 Å². The zero-order valence-corrected chi connectivity index (χ0v) is 12.3. The van der Waals surface area contributed by atoms with Crippen molar-refractivity contribution in [1.29, 1.82) is 0 Å². The molecule has 1 atom stereocenters. The maximum absolute atomic E-state index is 12.1. The number of hydrogen-bond acceptors (Lipinski definition) is 6. The molecule has 0 aliphatic carbocycles. The highest BCUT2D eigenvalue weighted by Gasteiger charge is 2.28. The fourth-order valence-corrected chi connectivity index (χ4v) is 2.45. The van der Waals surface area contributed by atoms with Crippen LogP contribution in [0, 0.1) is 0 Å². The lowest BCUT2D eigenvalue weighted by Gasteiger charge is -2.21. The van der Waals surface area contributed by atoms with E-state index < -0.39 is 5.54 Å². The number of carbonyl (C=O) groups is 1. The van der Waals surface area contributed by atoms with Gasteiger partial charge >= 0.3 is 0 Å². The summed E-state index contributed by atoms with van der Waals surface area (Å²) in [6.45, 7) is 3.70. The van der Waals surface area contributed by atoms with Gasteiger partial charge in [-0.25, -0.2) is 0 Å². The van der Waals surface area contributed by atoms with Gasteiger partial charge in [-0.15, -0.1) is 10.2 Å². The van der Waals surface area contributed by atoms with Crippen LogP contribution in [0.2, 0.25) is 0 Å². The summed E-state index contributed by atoms with van der Waals surface area (Å²) >= 11 is 1.28. The number of nitrogens with two attached hydrogens (primary N) is 1. The summed E-state index contributed by atoms with van der Waals surface area (Å²) in [5, 5.41) is 11.8. The van der Waals surface area contributed by atoms with Gasteiger partial charge in [0.15, 0.2) is 5.01 Å². The van der Waals surface area contributed by atoms with E-state index in [-0.39, 0.29) is 5.91 Å². The molecule has 0 saturated carbocycles. The molecule has 2 aromatic heterocycles. The minimum Gasteiger partial charge on any atom is -0.318 e. The Hall–Kier alpha value is -1.86. The number of aromatic nitrogens is 3. The van der Waals surface area contributed by atoms with Gasteiger partial charge in [0.25, 0.3) is 0 Å². The van der Waals surface area contributed by atoms with E-state index in [9.17, 15) is 4.79 Å². The first-order valence-corrected chi connectivity index (χ1v) is 7.20. The quantitative estimate of drug-likeness (QED) is 0.879. The van der Waals surface area contributed by atoms with Crippen molar-refractivity contribution >= 4 is 22.4 Å². The average Bonchev–Trinajstić information content (AvgIpc) is 2.88. The Morgan fingerprint density at radius 3 is 2.90 bits per heavy atom. The first-order valence-electron chi connectivity index (χ1n) is 6.38. The van der Waals surface area contributed by atoms with Crippen LogP contribution in [0.4, 0.5) is 5.13 Å². The summed E-state index contributed by atoms with van der Waals surface area (Å²) in [4.78, 5) is 16.2. The lowest BCUT2D eigenvalue weighted by atomic mass is 9.97. The Bertz CT molecular complexity index is 581. The van der Waals surface area contributed by atoms with Crippen LogP contribution in [0.15, 0.2) is 24.4 Å². The predicted molar refractivity (Wildman–Crippen MR) is 79.3 cm³/mol. The molecule has 0 fully saturated rings. The average molecular weight is 291 g/mol. The van der Waals surface area contributed by atoms with Crippen molar-refractivity contribution in [3.63, 3.8) is 0 Å². The topological polar surface area (TPSA) is 93.8 Å². The second-order valence-electron chi connectivity index (χ2n) is 4.75. The molecule has 1 amide bonds. The van der Waals surface area contributed by atoms with Crippen molar-refractivity contribution in [1.82, 2.24) is 15.2 Å². The van der Waals surface area contributed by atoms with Crippen LogP contribution in [0.3, 0.4) is 0 Å². The van der Waals surface area contributed by atoms with Gasteiger partial charge in [0.2, 0.25) is 11.0 Å². The van der Waals surface area contributed by atoms with Crippen molar-refractivity contribution in [2.45, 2.75) is 32.2 Å². The molecule has 0 aromatic carbocycles. The third-order valence-electron chi connectivity index (χ3n) is 2.82. The van der Waals surface area contributed by atoms with E-state index in [1.807, 2.05) is 25.1 Å². The first kappa shape index (κ1) is 14.5. The molecule has 3 N–H and O–H groups in total. The van der Waals surface area contributed by atoms with Crippen LogP contribution in [0.1, 0.15) is 26.7 Å². The molecule has 106 valence electrons. The van der Waals surface area contributed by atoms with Crippen LogP contribution in [0.5, 0.6) is 0 Å². The van der Waals surface area contributed by atoms with Crippen LogP contribution >= 0.6 is 11.3 Å². The number of amides is 1. The van der Waals surface area contributed by atoms with E-state index >= 15 is 0 Å². The normalized spacial score (nSPS) is 13.8. The number of nitrogens with one attached hydrogen (secondary N) is 1. The number of carbonyl (C=O) groups excluding carboxylic acids is 1. The molecule has 0 bridgehead atoms. The molecule has 6 nitrogen and oxygen atoms in total. The largest absolute Gasteiger partial charge is 0.318 e. The third kappa shape index (κ3) is 3.37. The maximum Gasteiger partial charge on any atom is 0.245 e. The summed E-state index contributed by atoms with van der Waals surface area (Å²) < 4.78 is 0. The highest BCUT2D eigenvalue weighted by molar-refractivity contribution is 7.18. The summed E-state index contributed by atoms with van der Waals surface area (Å²) in [5.41, 5.74) is 5.80. The number of pyridine rings is 1. The fraction of sp³-hybridized carbons (Fsp3) is 0.385. The molecular weight excluding hydrogens is 274 g/mol. The number of anilines is 1. The number of rotatable bonds is 5. The molecule has 20 heavy (non-hydrogen) atoms. The van der Waals surface area contributed by atoms with Crippen molar-refractivity contribution < 1.29 is 4.79 Å². The number of nitrogens with zero attached hydrogens (tertiary/aromatic N) is 3. The summed E-state index contributed by atoms with van der Waals surface area (Å²) in [5.74, 6) is -0.247. The van der Waals surface area contributed by atoms with Crippen LogP contribution in [0.25, 0.3) is 10.7 Å². The lowest BCUT2D eigenvalue weighted by Crippen LogP contribution is -2.48. The fourth-order valence-electron chi connectivity index (χ4n) is 1.74. The van der Waals surface area contributed by atoms with Gasteiger partial charge in [0.1, 0.15) is 5.69 Å². The monoisotopic (exact) mass is 291 g/mol. The second kappa shape index (κ2) is 6.06. The van der Waals surface area contributed by atoms with E-state index in [1.54, 1.807) is 13.1 Å². The molecule has 2 rings (SSSR count). The first-order chi connectivity index (χ1) is 9.53. The van der Waals surface area contributed by atoms with Crippen LogP contribution in [-0.4, -0.2) is 26.6 Å². The minimum absolute atomic E-state index is 0.247. The molecule has 7 heteroatoms. The maximum atomic E-state index is 12.1. The minimum atomic E-state index is -0.897. The molecule has 2 aromatic rings. The van der Waals surface area contributed by atoms with Crippen molar-refractivity contribution in [2.24, 2.45) is 5.73 Å². The van der Waals surface area contributed by atoms with Gasteiger partial charge in [-0.2, -0.15) is 0 Å². The third-order valence-corrected chi connectivity index (χ3v) is 3.68. The van der Waals surface area contributed by atoms with E-state index in [4.69, 9.17) is 5.73 Å². The second-order valence-corrected chi connectivity index (χ2v) is 5.73. The lowest BCUT2D eigenvalue weighted by molar-refractivity contribution is -0.120. The standard InChI is InChI=1S/C13H17N5OS/c1-3-7-13(2,14)11(19)16-12-18-17-10(20-12)9-6-4-5-8-15-9/h4-6,8H,3,7,14H2,1-2H3,(H,16,18,19). The molecule has 0 aliphatic heterocycles. The molecule has 0 aliphatic rings. The zero-order chi connectivity index (χ0) is 14.6. The zero-order valence-electron chi connectivity index (χ0n) is 11.5. The molecule has 0 spiro atoms. The van der Waals surface area contributed by atoms with Crippen molar-refractivity contribution in [2.75, 3.05) is 5.32 Å². The Labute approximate surface area is 121 Å². The Balaban J connectivity index is 2.09. The highest BCUT2D eigenvalue weighted by Crippen LogP contribution is 2.25. The predicted octanol–water partition coefficient (Wildman–Crippen LogP) is 2.06. The summed E-state index contributed by atoms with van der Waals surface area (Å²) in [6.07, 6.45) is 3.15. The molecule has 2 heterocycles. The smallest absolute Gasteiger partial charge is 0.245 e. The van der Waals surface area contributed by atoms with Crippen LogP contribution < -0.4 is 11.1 Å². The number of hydrogen-bond donors (Lipinski definition) is 2. The van der Waals surface area contributed by atoms with Crippen LogP contribution in [-0.2, 0) is 4.79 Å². The van der Waals surface area contributed by atoms with Gasteiger partial charge in [-0.1, -0.05) is 30.7 Å². The summed E-state index contributed by atoms with van der Waals surface area (Å²) in [6, 6.07) is 5.55. The van der Waals surface area contributed by atoms with E-state index in [2.05, 4.69) is 20.5 Å². The van der Waals surface area contributed by atoms with E-state index in [0.29, 0.717) is 16.6 Å². The summed E-state index contributed by atoms with van der Waals surface area (Å²) in [7, 11) is 0. The van der Waals surface area contributed by atoms with Crippen molar-refractivity contribution in [3.8, 4) is 10.7 Å².